The topological polar surface area (TPSA) is 81.2 Å². The zero-order valence-electron chi connectivity index (χ0n) is 14.5. The van der Waals surface area contributed by atoms with Crippen LogP contribution in [-0.2, 0) is 15.6 Å². The van der Waals surface area contributed by atoms with Crippen LogP contribution in [0, 0.1) is 0 Å². The van der Waals surface area contributed by atoms with Crippen LogP contribution in [0.3, 0.4) is 0 Å². The number of para-hydroxylation sites is 1. The van der Waals surface area contributed by atoms with Crippen LogP contribution < -0.4 is 10.1 Å². The lowest BCUT2D eigenvalue weighted by atomic mass is 10.1. The first-order chi connectivity index (χ1) is 12.4. The number of nitrogens with one attached hydrogen (secondary N) is 1. The smallest absolute Gasteiger partial charge is 0.151 e. The Labute approximate surface area is 152 Å². The predicted molar refractivity (Wildman–Crippen MR) is 102 cm³/mol. The summed E-state index contributed by atoms with van der Waals surface area (Å²) < 4.78 is 28.3. The molecular formula is C19H19N3O3S. The van der Waals surface area contributed by atoms with E-state index in [1.807, 2.05) is 42.5 Å². The Morgan fingerprint density at radius 1 is 1.04 bits per heavy atom. The number of aromatic nitrogens is 2. The lowest BCUT2D eigenvalue weighted by Gasteiger charge is -2.10. The van der Waals surface area contributed by atoms with Gasteiger partial charge in [-0.3, -0.25) is 0 Å². The van der Waals surface area contributed by atoms with Crippen LogP contribution in [0.4, 0.5) is 11.5 Å². The molecule has 0 unspecified atom stereocenters. The molecule has 0 amide bonds. The Bertz CT molecular complexity index is 1020. The fourth-order valence-electron chi connectivity index (χ4n) is 2.62. The number of ether oxygens (including phenoxy) is 1. The monoisotopic (exact) mass is 369 g/mol. The van der Waals surface area contributed by atoms with Crippen molar-refractivity contribution >= 4 is 21.3 Å². The van der Waals surface area contributed by atoms with Gasteiger partial charge in [0.25, 0.3) is 0 Å². The molecule has 26 heavy (non-hydrogen) atoms. The molecule has 1 heterocycles. The van der Waals surface area contributed by atoms with Gasteiger partial charge >= 0.3 is 0 Å². The maximum Gasteiger partial charge on any atom is 0.151 e. The first kappa shape index (κ1) is 17.9. The zero-order valence-corrected chi connectivity index (χ0v) is 15.3. The Kier molecular flexibility index (Phi) is 5.18. The van der Waals surface area contributed by atoms with E-state index in [1.165, 1.54) is 12.6 Å². The first-order valence-corrected chi connectivity index (χ1v) is 10.00. The van der Waals surface area contributed by atoms with Gasteiger partial charge in [0.15, 0.2) is 9.84 Å². The molecule has 0 saturated carbocycles. The van der Waals surface area contributed by atoms with Gasteiger partial charge in [0.05, 0.1) is 18.6 Å². The largest absolute Gasteiger partial charge is 0.496 e. The fourth-order valence-corrected chi connectivity index (χ4v) is 3.40. The summed E-state index contributed by atoms with van der Waals surface area (Å²) in [5.74, 6) is 1.34. The lowest BCUT2D eigenvalue weighted by molar-refractivity contribution is 0.416. The maximum absolute atomic E-state index is 11.5. The van der Waals surface area contributed by atoms with Crippen LogP contribution in [0.25, 0.3) is 11.3 Å². The van der Waals surface area contributed by atoms with E-state index in [0.717, 1.165) is 28.3 Å². The molecule has 1 aromatic heterocycles. The van der Waals surface area contributed by atoms with Gasteiger partial charge in [0.1, 0.15) is 17.9 Å². The number of hydrogen-bond donors (Lipinski definition) is 1. The normalized spacial score (nSPS) is 11.2. The van der Waals surface area contributed by atoms with Gasteiger partial charge in [-0.25, -0.2) is 18.4 Å². The number of benzene rings is 2. The second-order valence-electron chi connectivity index (χ2n) is 5.88. The Hall–Kier alpha value is -2.93. The molecule has 7 heteroatoms. The fraction of sp³-hybridized carbons (Fsp3) is 0.158. The van der Waals surface area contributed by atoms with Gasteiger partial charge in [-0.15, -0.1) is 0 Å². The molecule has 3 rings (SSSR count). The molecule has 0 aliphatic heterocycles. The highest BCUT2D eigenvalue weighted by molar-refractivity contribution is 7.89. The van der Waals surface area contributed by atoms with Crippen LogP contribution in [0.15, 0.2) is 60.9 Å². The van der Waals surface area contributed by atoms with Crippen molar-refractivity contribution in [1.29, 1.82) is 0 Å². The highest BCUT2D eigenvalue weighted by Crippen LogP contribution is 2.29. The van der Waals surface area contributed by atoms with Gasteiger partial charge in [-0.1, -0.05) is 24.3 Å². The van der Waals surface area contributed by atoms with E-state index in [2.05, 4.69) is 15.3 Å². The van der Waals surface area contributed by atoms with E-state index in [9.17, 15) is 8.42 Å². The molecule has 0 atom stereocenters. The summed E-state index contributed by atoms with van der Waals surface area (Å²) in [5, 5.41) is 3.19. The third-order valence-electron chi connectivity index (χ3n) is 3.68. The van der Waals surface area contributed by atoms with Crippen molar-refractivity contribution in [3.05, 3.63) is 66.5 Å². The molecule has 0 fully saturated rings. The highest BCUT2D eigenvalue weighted by atomic mass is 32.2. The molecule has 6 nitrogen and oxygen atoms in total. The van der Waals surface area contributed by atoms with Crippen molar-refractivity contribution in [3.63, 3.8) is 0 Å². The average Bonchev–Trinajstić information content (AvgIpc) is 2.61. The van der Waals surface area contributed by atoms with E-state index in [1.54, 1.807) is 19.2 Å². The molecule has 0 aliphatic rings. The lowest BCUT2D eigenvalue weighted by Crippen LogP contribution is -2.01. The number of anilines is 2. The highest BCUT2D eigenvalue weighted by Gasteiger charge is 2.09. The zero-order chi connectivity index (χ0) is 18.6. The van der Waals surface area contributed by atoms with Gasteiger partial charge in [-0.2, -0.15) is 0 Å². The number of rotatable bonds is 6. The molecule has 1 N–H and O–H groups in total. The minimum Gasteiger partial charge on any atom is -0.496 e. The molecule has 134 valence electrons. The molecule has 0 spiro atoms. The van der Waals surface area contributed by atoms with E-state index < -0.39 is 9.84 Å². The third-order valence-corrected chi connectivity index (χ3v) is 4.54. The quantitative estimate of drug-likeness (QED) is 0.717. The van der Waals surface area contributed by atoms with Crippen LogP contribution in [0.5, 0.6) is 5.75 Å². The summed E-state index contributed by atoms with van der Waals surface area (Å²) in [6, 6.07) is 16.7. The summed E-state index contributed by atoms with van der Waals surface area (Å²) >= 11 is 0. The van der Waals surface area contributed by atoms with Gasteiger partial charge in [-0.05, 0) is 29.8 Å². The summed E-state index contributed by atoms with van der Waals surface area (Å²) in [6.45, 7) is 0. The van der Waals surface area contributed by atoms with E-state index in [0.29, 0.717) is 5.82 Å². The molecule has 0 bridgehead atoms. The van der Waals surface area contributed by atoms with Crippen LogP contribution in [0.2, 0.25) is 0 Å². The SMILES string of the molecule is COc1ccccc1-c1cc(Nc2cccc(CS(C)(=O)=O)c2)ncn1. The number of sulfone groups is 1. The molecule has 0 aliphatic carbocycles. The summed E-state index contributed by atoms with van der Waals surface area (Å²) in [5.41, 5.74) is 3.07. The second kappa shape index (κ2) is 7.53. The molecule has 0 radical (unpaired) electrons. The number of nitrogens with zero attached hydrogens (tertiary/aromatic N) is 2. The minimum absolute atomic E-state index is 0.00123. The molecule has 2 aromatic carbocycles. The molecule has 0 saturated heterocycles. The van der Waals surface area contributed by atoms with Crippen LogP contribution in [-0.4, -0.2) is 31.8 Å². The Morgan fingerprint density at radius 3 is 2.62 bits per heavy atom. The van der Waals surface area contributed by atoms with Crippen LogP contribution >= 0.6 is 0 Å². The molecular weight excluding hydrogens is 350 g/mol. The van der Waals surface area contributed by atoms with Crippen LogP contribution in [0.1, 0.15) is 5.56 Å². The van der Waals surface area contributed by atoms with Gasteiger partial charge in [0, 0.05) is 23.6 Å². The van der Waals surface area contributed by atoms with Crippen molar-refractivity contribution in [2.45, 2.75) is 5.75 Å². The second-order valence-corrected chi connectivity index (χ2v) is 8.02. The van der Waals surface area contributed by atoms with Crippen molar-refractivity contribution in [1.82, 2.24) is 9.97 Å². The minimum atomic E-state index is -3.08. The first-order valence-electron chi connectivity index (χ1n) is 7.94. The summed E-state index contributed by atoms with van der Waals surface area (Å²) in [7, 11) is -1.47. The van der Waals surface area contributed by atoms with Gasteiger partial charge in [0.2, 0.25) is 0 Å². The predicted octanol–water partition coefficient (Wildman–Crippen LogP) is 3.44. The Balaban J connectivity index is 1.87. The third kappa shape index (κ3) is 4.58. The summed E-state index contributed by atoms with van der Waals surface area (Å²) in [4.78, 5) is 8.55. The van der Waals surface area contributed by atoms with E-state index in [-0.39, 0.29) is 5.75 Å². The van der Waals surface area contributed by atoms with Crippen molar-refractivity contribution in [2.24, 2.45) is 0 Å². The summed E-state index contributed by atoms with van der Waals surface area (Å²) in [6.07, 6.45) is 2.70. The van der Waals surface area contributed by atoms with E-state index in [4.69, 9.17) is 4.74 Å². The van der Waals surface area contributed by atoms with Crippen molar-refractivity contribution in [3.8, 4) is 17.0 Å². The van der Waals surface area contributed by atoms with Crippen molar-refractivity contribution < 1.29 is 13.2 Å². The number of methoxy groups -OCH3 is 1. The molecule has 3 aromatic rings. The Morgan fingerprint density at radius 2 is 1.85 bits per heavy atom. The number of hydrogen-bond acceptors (Lipinski definition) is 6. The maximum atomic E-state index is 11.5. The van der Waals surface area contributed by atoms with Gasteiger partial charge < -0.3 is 10.1 Å². The van der Waals surface area contributed by atoms with E-state index >= 15 is 0 Å². The van der Waals surface area contributed by atoms with Crippen molar-refractivity contribution in [2.75, 3.05) is 18.7 Å². The average molecular weight is 369 g/mol. The standard InChI is InChI=1S/C19H19N3O3S/c1-25-18-9-4-3-8-16(18)17-11-19(21-13-20-17)22-15-7-5-6-14(10-15)12-26(2,23)24/h3-11,13H,12H2,1-2H3,(H,20,21,22).